The highest BCUT2D eigenvalue weighted by Gasteiger charge is 2.28. The van der Waals surface area contributed by atoms with Crippen molar-refractivity contribution in [1.29, 1.82) is 0 Å². The molecule has 110 valence electrons. The van der Waals surface area contributed by atoms with Gasteiger partial charge in [-0.3, -0.25) is 10.1 Å². The molecule has 0 atom stereocenters. The fraction of sp³-hybridized carbons (Fsp3) is 0.692. The van der Waals surface area contributed by atoms with Crippen molar-refractivity contribution in [1.82, 2.24) is 9.97 Å². The number of aryl methyl sites for hydroxylation is 1. The first kappa shape index (κ1) is 14.5. The zero-order valence-electron chi connectivity index (χ0n) is 11.9. The number of hydrogen-bond donors (Lipinski definition) is 1. The summed E-state index contributed by atoms with van der Waals surface area (Å²) in [6.07, 6.45) is 5.89. The summed E-state index contributed by atoms with van der Waals surface area (Å²) in [5, 5.41) is 14.4. The topological polar surface area (TPSA) is 90.2 Å². The van der Waals surface area contributed by atoms with Crippen molar-refractivity contribution in [3.8, 4) is 5.88 Å². The van der Waals surface area contributed by atoms with Gasteiger partial charge in [0, 0.05) is 12.5 Å². The van der Waals surface area contributed by atoms with Gasteiger partial charge in [0.15, 0.2) is 0 Å². The molecule has 20 heavy (non-hydrogen) atoms. The average molecular weight is 280 g/mol. The van der Waals surface area contributed by atoms with E-state index in [9.17, 15) is 10.1 Å². The third-order valence-corrected chi connectivity index (χ3v) is 3.44. The number of nitrogens with one attached hydrogen (secondary N) is 1. The second kappa shape index (κ2) is 6.49. The highest BCUT2D eigenvalue weighted by molar-refractivity contribution is 5.62. The summed E-state index contributed by atoms with van der Waals surface area (Å²) in [5.74, 6) is 0.904. The number of nitrogens with zero attached hydrogens (tertiary/aromatic N) is 3. The largest absolute Gasteiger partial charge is 0.476 e. The smallest absolute Gasteiger partial charge is 0.372 e. The summed E-state index contributed by atoms with van der Waals surface area (Å²) in [6.45, 7) is 2.02. The predicted octanol–water partition coefficient (Wildman–Crippen LogP) is 2.70. The van der Waals surface area contributed by atoms with Crippen molar-refractivity contribution in [2.45, 2.75) is 51.5 Å². The summed E-state index contributed by atoms with van der Waals surface area (Å²) >= 11 is 0. The first-order valence-electron chi connectivity index (χ1n) is 7.01. The van der Waals surface area contributed by atoms with Crippen molar-refractivity contribution in [2.24, 2.45) is 0 Å². The Labute approximate surface area is 117 Å². The SMILES string of the molecule is CCCc1nc(NC2CCCC2)c([N+](=O)[O-])c(OC)n1. The second-order valence-corrected chi connectivity index (χ2v) is 4.98. The molecule has 0 spiro atoms. The van der Waals surface area contributed by atoms with Gasteiger partial charge in [-0.1, -0.05) is 19.8 Å². The van der Waals surface area contributed by atoms with Crippen LogP contribution in [-0.4, -0.2) is 28.0 Å². The molecule has 1 aromatic rings. The van der Waals surface area contributed by atoms with E-state index >= 15 is 0 Å². The number of aromatic nitrogens is 2. The lowest BCUT2D eigenvalue weighted by Gasteiger charge is -2.14. The van der Waals surface area contributed by atoms with Crippen molar-refractivity contribution in [2.75, 3.05) is 12.4 Å². The second-order valence-electron chi connectivity index (χ2n) is 4.98. The van der Waals surface area contributed by atoms with Gasteiger partial charge in [-0.15, -0.1) is 0 Å². The van der Waals surface area contributed by atoms with Crippen LogP contribution in [0.2, 0.25) is 0 Å². The number of rotatable bonds is 6. The van der Waals surface area contributed by atoms with Gasteiger partial charge in [-0.25, -0.2) is 4.98 Å². The van der Waals surface area contributed by atoms with Gasteiger partial charge in [0.25, 0.3) is 5.88 Å². The normalized spacial score (nSPS) is 15.3. The van der Waals surface area contributed by atoms with Crippen molar-refractivity contribution in [3.63, 3.8) is 0 Å². The molecule has 0 unspecified atom stereocenters. The molecular formula is C13H20N4O3. The maximum atomic E-state index is 11.2. The molecule has 0 amide bonds. The Morgan fingerprint density at radius 1 is 1.40 bits per heavy atom. The Hall–Kier alpha value is -1.92. The third kappa shape index (κ3) is 3.15. The molecule has 1 heterocycles. The van der Waals surface area contributed by atoms with Gasteiger partial charge in [0.1, 0.15) is 5.82 Å². The number of methoxy groups -OCH3 is 1. The minimum absolute atomic E-state index is 0.0361. The lowest BCUT2D eigenvalue weighted by atomic mass is 10.2. The molecular weight excluding hydrogens is 260 g/mol. The molecule has 7 nitrogen and oxygen atoms in total. The van der Waals surface area contributed by atoms with Crippen LogP contribution in [0.5, 0.6) is 5.88 Å². The Balaban J connectivity index is 2.37. The molecule has 1 fully saturated rings. The van der Waals surface area contributed by atoms with E-state index in [0.717, 1.165) is 32.1 Å². The van der Waals surface area contributed by atoms with E-state index in [1.807, 2.05) is 6.92 Å². The molecule has 0 bridgehead atoms. The summed E-state index contributed by atoms with van der Waals surface area (Å²) in [4.78, 5) is 19.2. The molecule has 7 heteroatoms. The molecule has 0 aliphatic heterocycles. The fourth-order valence-corrected chi connectivity index (χ4v) is 2.48. The van der Waals surface area contributed by atoms with E-state index in [1.165, 1.54) is 7.11 Å². The molecule has 2 rings (SSSR count). The van der Waals surface area contributed by atoms with Gasteiger partial charge in [0.2, 0.25) is 5.82 Å². The molecule has 1 aliphatic carbocycles. The lowest BCUT2D eigenvalue weighted by molar-refractivity contribution is -0.385. The summed E-state index contributed by atoms with van der Waals surface area (Å²) in [5.41, 5.74) is -0.167. The van der Waals surface area contributed by atoms with Crippen LogP contribution >= 0.6 is 0 Å². The zero-order valence-corrected chi connectivity index (χ0v) is 11.9. The van der Waals surface area contributed by atoms with Gasteiger partial charge in [0.05, 0.1) is 12.0 Å². The van der Waals surface area contributed by atoms with Crippen LogP contribution in [-0.2, 0) is 6.42 Å². The van der Waals surface area contributed by atoms with E-state index in [4.69, 9.17) is 4.74 Å². The van der Waals surface area contributed by atoms with Gasteiger partial charge in [-0.2, -0.15) is 4.98 Å². The number of hydrogen-bond acceptors (Lipinski definition) is 6. The van der Waals surface area contributed by atoms with Crippen LogP contribution in [0.25, 0.3) is 0 Å². The third-order valence-electron chi connectivity index (χ3n) is 3.44. The highest BCUT2D eigenvalue weighted by Crippen LogP contribution is 2.34. The van der Waals surface area contributed by atoms with Crippen molar-refractivity contribution in [3.05, 3.63) is 15.9 Å². The standard InChI is InChI=1S/C13H20N4O3/c1-3-6-10-15-12(14-9-7-4-5-8-9)11(17(18)19)13(16-10)20-2/h9H,3-8H2,1-2H3,(H,14,15,16). The van der Waals surface area contributed by atoms with Gasteiger partial charge in [-0.05, 0) is 19.3 Å². The maximum Gasteiger partial charge on any atom is 0.372 e. The highest BCUT2D eigenvalue weighted by atomic mass is 16.6. The molecule has 0 saturated heterocycles. The number of ether oxygens (including phenoxy) is 1. The summed E-state index contributed by atoms with van der Waals surface area (Å²) in [6, 6.07) is 0.253. The lowest BCUT2D eigenvalue weighted by Crippen LogP contribution is -2.18. The van der Waals surface area contributed by atoms with Crippen molar-refractivity contribution >= 4 is 11.5 Å². The van der Waals surface area contributed by atoms with E-state index < -0.39 is 4.92 Å². The van der Waals surface area contributed by atoms with E-state index in [-0.39, 0.29) is 23.4 Å². The van der Waals surface area contributed by atoms with E-state index in [0.29, 0.717) is 12.2 Å². The molecule has 1 aliphatic rings. The van der Waals surface area contributed by atoms with Crippen LogP contribution in [0.4, 0.5) is 11.5 Å². The van der Waals surface area contributed by atoms with Gasteiger partial charge < -0.3 is 10.1 Å². The zero-order chi connectivity index (χ0) is 14.5. The van der Waals surface area contributed by atoms with E-state index in [1.54, 1.807) is 0 Å². The maximum absolute atomic E-state index is 11.2. The first-order chi connectivity index (χ1) is 9.65. The fourth-order valence-electron chi connectivity index (χ4n) is 2.48. The monoisotopic (exact) mass is 280 g/mol. The van der Waals surface area contributed by atoms with Crippen LogP contribution in [0.15, 0.2) is 0 Å². The minimum atomic E-state index is -0.480. The Kier molecular flexibility index (Phi) is 4.70. The summed E-state index contributed by atoms with van der Waals surface area (Å²) in [7, 11) is 1.39. The number of nitro groups is 1. The number of anilines is 1. The van der Waals surface area contributed by atoms with Crippen LogP contribution in [0.1, 0.15) is 44.9 Å². The molecule has 1 saturated carbocycles. The van der Waals surface area contributed by atoms with Gasteiger partial charge >= 0.3 is 5.69 Å². The van der Waals surface area contributed by atoms with Crippen LogP contribution in [0.3, 0.4) is 0 Å². The Morgan fingerprint density at radius 3 is 2.65 bits per heavy atom. The van der Waals surface area contributed by atoms with Crippen LogP contribution in [0, 0.1) is 10.1 Å². The Bertz CT molecular complexity index is 487. The molecule has 0 aromatic carbocycles. The van der Waals surface area contributed by atoms with E-state index in [2.05, 4.69) is 15.3 Å². The summed E-state index contributed by atoms with van der Waals surface area (Å²) < 4.78 is 5.07. The molecule has 1 N–H and O–H groups in total. The Morgan fingerprint density at radius 2 is 2.10 bits per heavy atom. The van der Waals surface area contributed by atoms with Crippen LogP contribution < -0.4 is 10.1 Å². The average Bonchev–Trinajstić information content (AvgIpc) is 2.91. The first-order valence-corrected chi connectivity index (χ1v) is 7.01. The molecule has 1 aromatic heterocycles. The predicted molar refractivity (Wildman–Crippen MR) is 75.1 cm³/mol. The quantitative estimate of drug-likeness (QED) is 0.636. The molecule has 0 radical (unpaired) electrons. The minimum Gasteiger partial charge on any atom is -0.476 e. The van der Waals surface area contributed by atoms with Crippen molar-refractivity contribution < 1.29 is 9.66 Å².